The number of rotatable bonds is 5. The number of aryl methyl sites for hydroxylation is 1. The molecule has 1 saturated heterocycles. The average molecular weight is 385 g/mol. The molecule has 0 radical (unpaired) electrons. The summed E-state index contributed by atoms with van der Waals surface area (Å²) in [6, 6.07) is 3.53. The van der Waals surface area contributed by atoms with E-state index in [1.807, 2.05) is 6.92 Å². The standard InChI is InChI=1S/C16H20FN3O3S2/c1-3-15-18-19-16(24-15)11-6-8-20(9-7-11)25(21,22)14-10-12(17)4-5-13(14)23-2/h4-5,10-11H,3,6-9H2,1-2H3. The molecule has 0 atom stereocenters. The predicted molar refractivity (Wildman–Crippen MR) is 93.0 cm³/mol. The van der Waals surface area contributed by atoms with E-state index in [-0.39, 0.29) is 16.6 Å². The van der Waals surface area contributed by atoms with Crippen molar-refractivity contribution in [2.24, 2.45) is 0 Å². The Bertz CT molecular complexity index is 846. The summed E-state index contributed by atoms with van der Waals surface area (Å²) < 4.78 is 45.8. The van der Waals surface area contributed by atoms with E-state index in [1.165, 1.54) is 23.5 Å². The fourth-order valence-corrected chi connectivity index (χ4v) is 5.50. The molecule has 0 spiro atoms. The van der Waals surface area contributed by atoms with Crippen LogP contribution in [0.15, 0.2) is 23.1 Å². The van der Waals surface area contributed by atoms with Gasteiger partial charge in [-0.1, -0.05) is 6.92 Å². The van der Waals surface area contributed by atoms with Gasteiger partial charge in [-0.2, -0.15) is 4.31 Å². The van der Waals surface area contributed by atoms with Crippen LogP contribution in [0.1, 0.15) is 35.7 Å². The normalized spacial score (nSPS) is 16.9. The molecule has 0 amide bonds. The molecule has 1 aliphatic heterocycles. The van der Waals surface area contributed by atoms with Crippen molar-refractivity contribution in [1.82, 2.24) is 14.5 Å². The van der Waals surface area contributed by atoms with E-state index in [4.69, 9.17) is 4.74 Å². The molecule has 1 fully saturated rings. The molecule has 6 nitrogen and oxygen atoms in total. The maximum Gasteiger partial charge on any atom is 0.246 e. The second-order valence-corrected chi connectivity index (χ2v) is 8.86. The molecule has 3 rings (SSSR count). The van der Waals surface area contributed by atoms with E-state index in [9.17, 15) is 12.8 Å². The number of benzene rings is 1. The third-order valence-electron chi connectivity index (χ3n) is 4.33. The zero-order valence-corrected chi connectivity index (χ0v) is 15.7. The van der Waals surface area contributed by atoms with Crippen molar-refractivity contribution in [3.63, 3.8) is 0 Å². The van der Waals surface area contributed by atoms with Gasteiger partial charge in [0.1, 0.15) is 26.5 Å². The van der Waals surface area contributed by atoms with Crippen LogP contribution >= 0.6 is 11.3 Å². The Balaban J connectivity index is 1.76. The van der Waals surface area contributed by atoms with Crippen molar-refractivity contribution in [2.75, 3.05) is 20.2 Å². The van der Waals surface area contributed by atoms with Crippen LogP contribution in [0.2, 0.25) is 0 Å². The quantitative estimate of drug-likeness (QED) is 0.791. The number of piperidine rings is 1. The van der Waals surface area contributed by atoms with Gasteiger partial charge in [0.15, 0.2) is 0 Å². The topological polar surface area (TPSA) is 72.4 Å². The number of sulfonamides is 1. The Labute approximate surface area is 150 Å². The molecule has 1 aromatic carbocycles. The Morgan fingerprint density at radius 1 is 1.32 bits per heavy atom. The molecule has 1 aromatic heterocycles. The Hall–Kier alpha value is -1.58. The van der Waals surface area contributed by atoms with Crippen molar-refractivity contribution in [3.8, 4) is 5.75 Å². The summed E-state index contributed by atoms with van der Waals surface area (Å²) in [5.41, 5.74) is 0. The number of halogens is 1. The smallest absolute Gasteiger partial charge is 0.246 e. The first-order valence-corrected chi connectivity index (χ1v) is 10.4. The Kier molecular flexibility index (Phi) is 5.35. The molecule has 9 heteroatoms. The summed E-state index contributed by atoms with van der Waals surface area (Å²) in [5, 5.41) is 10.3. The van der Waals surface area contributed by atoms with Crippen LogP contribution < -0.4 is 4.74 Å². The van der Waals surface area contributed by atoms with Gasteiger partial charge in [-0.05, 0) is 37.5 Å². The SMILES string of the molecule is CCc1nnc(C2CCN(S(=O)(=O)c3cc(F)ccc3OC)CC2)s1. The van der Waals surface area contributed by atoms with Gasteiger partial charge >= 0.3 is 0 Å². The summed E-state index contributed by atoms with van der Waals surface area (Å²) in [6.07, 6.45) is 2.20. The average Bonchev–Trinajstić information content (AvgIpc) is 3.11. The summed E-state index contributed by atoms with van der Waals surface area (Å²) in [6.45, 7) is 2.77. The van der Waals surface area contributed by atoms with Crippen LogP contribution in [0.4, 0.5) is 4.39 Å². The molecule has 0 aliphatic carbocycles. The maximum atomic E-state index is 13.5. The lowest BCUT2D eigenvalue weighted by atomic mass is 9.99. The lowest BCUT2D eigenvalue weighted by molar-refractivity contribution is 0.316. The first kappa shape index (κ1) is 18.2. The first-order chi connectivity index (χ1) is 12.0. The summed E-state index contributed by atoms with van der Waals surface area (Å²) in [4.78, 5) is -0.127. The lowest BCUT2D eigenvalue weighted by Crippen LogP contribution is -2.38. The summed E-state index contributed by atoms with van der Waals surface area (Å²) in [5.74, 6) is -0.228. The molecule has 1 aliphatic rings. The second-order valence-electron chi connectivity index (χ2n) is 5.86. The third-order valence-corrected chi connectivity index (χ3v) is 7.48. The van der Waals surface area contributed by atoms with Gasteiger partial charge in [0, 0.05) is 19.0 Å². The largest absolute Gasteiger partial charge is 0.495 e. The van der Waals surface area contributed by atoms with Crippen LogP contribution in [0, 0.1) is 5.82 Å². The fourth-order valence-electron chi connectivity index (χ4n) is 2.91. The van der Waals surface area contributed by atoms with E-state index in [0.29, 0.717) is 25.9 Å². The van der Waals surface area contributed by atoms with E-state index in [1.54, 1.807) is 11.3 Å². The van der Waals surface area contributed by atoms with Crippen molar-refractivity contribution in [2.45, 2.75) is 37.0 Å². The maximum absolute atomic E-state index is 13.5. The summed E-state index contributed by atoms with van der Waals surface area (Å²) >= 11 is 1.59. The fraction of sp³-hybridized carbons (Fsp3) is 0.500. The minimum absolute atomic E-state index is 0.127. The molecule has 2 aromatic rings. The van der Waals surface area contributed by atoms with Crippen LogP contribution in [-0.2, 0) is 16.4 Å². The monoisotopic (exact) mass is 385 g/mol. The van der Waals surface area contributed by atoms with E-state index < -0.39 is 15.8 Å². The third kappa shape index (κ3) is 3.68. The van der Waals surface area contributed by atoms with Crippen LogP contribution in [0.5, 0.6) is 5.75 Å². The molecule has 0 N–H and O–H groups in total. The minimum Gasteiger partial charge on any atom is -0.495 e. The van der Waals surface area contributed by atoms with Gasteiger partial charge in [0.05, 0.1) is 7.11 Å². The van der Waals surface area contributed by atoms with Crippen molar-refractivity contribution in [1.29, 1.82) is 0 Å². The first-order valence-electron chi connectivity index (χ1n) is 8.11. The molecular weight excluding hydrogens is 365 g/mol. The van der Waals surface area contributed by atoms with Gasteiger partial charge in [-0.25, -0.2) is 12.8 Å². The highest BCUT2D eigenvalue weighted by atomic mass is 32.2. The number of nitrogens with zero attached hydrogens (tertiary/aromatic N) is 3. The van der Waals surface area contributed by atoms with Crippen molar-refractivity contribution >= 4 is 21.4 Å². The van der Waals surface area contributed by atoms with Crippen LogP contribution in [-0.4, -0.2) is 43.1 Å². The zero-order chi connectivity index (χ0) is 18.0. The van der Waals surface area contributed by atoms with Crippen LogP contribution in [0.25, 0.3) is 0 Å². The zero-order valence-electron chi connectivity index (χ0n) is 14.1. The molecule has 2 heterocycles. The van der Waals surface area contributed by atoms with Crippen LogP contribution in [0.3, 0.4) is 0 Å². The Morgan fingerprint density at radius 3 is 2.64 bits per heavy atom. The summed E-state index contributed by atoms with van der Waals surface area (Å²) in [7, 11) is -2.42. The van der Waals surface area contributed by atoms with E-state index in [2.05, 4.69) is 10.2 Å². The van der Waals surface area contributed by atoms with E-state index in [0.717, 1.165) is 22.5 Å². The molecule has 0 unspecified atom stereocenters. The number of aromatic nitrogens is 2. The molecule has 136 valence electrons. The molecular formula is C16H20FN3O3S2. The van der Waals surface area contributed by atoms with Gasteiger partial charge in [0.2, 0.25) is 10.0 Å². The van der Waals surface area contributed by atoms with E-state index >= 15 is 0 Å². The van der Waals surface area contributed by atoms with Gasteiger partial charge < -0.3 is 4.74 Å². The van der Waals surface area contributed by atoms with Gasteiger partial charge in [0.25, 0.3) is 0 Å². The number of hydrogen-bond acceptors (Lipinski definition) is 6. The van der Waals surface area contributed by atoms with Gasteiger partial charge in [-0.3, -0.25) is 0 Å². The minimum atomic E-state index is -3.80. The highest BCUT2D eigenvalue weighted by molar-refractivity contribution is 7.89. The number of methoxy groups -OCH3 is 1. The molecule has 0 bridgehead atoms. The van der Waals surface area contributed by atoms with Gasteiger partial charge in [-0.15, -0.1) is 21.5 Å². The van der Waals surface area contributed by atoms with Crippen molar-refractivity contribution in [3.05, 3.63) is 34.0 Å². The lowest BCUT2D eigenvalue weighted by Gasteiger charge is -2.30. The highest BCUT2D eigenvalue weighted by Crippen LogP contribution is 2.34. The predicted octanol–water partition coefficient (Wildman–Crippen LogP) is 2.82. The Morgan fingerprint density at radius 2 is 2.04 bits per heavy atom. The molecule has 0 saturated carbocycles. The van der Waals surface area contributed by atoms with Crippen molar-refractivity contribution < 1.29 is 17.5 Å². The number of ether oxygens (including phenoxy) is 1. The second kappa shape index (κ2) is 7.35. The highest BCUT2D eigenvalue weighted by Gasteiger charge is 2.33. The number of hydrogen-bond donors (Lipinski definition) is 0. The molecule has 25 heavy (non-hydrogen) atoms.